The second kappa shape index (κ2) is 4.50. The molecule has 0 radical (unpaired) electrons. The van der Waals surface area contributed by atoms with Crippen LogP contribution in [0.2, 0.25) is 0 Å². The highest BCUT2D eigenvalue weighted by molar-refractivity contribution is 5.45. The molecule has 2 fully saturated rings. The summed E-state index contributed by atoms with van der Waals surface area (Å²) in [6.45, 7) is 6.70. The normalized spacial score (nSPS) is 28.1. The summed E-state index contributed by atoms with van der Waals surface area (Å²) in [5.74, 6) is 1.60. The van der Waals surface area contributed by atoms with Crippen LogP contribution in [-0.4, -0.2) is 47.1 Å². The molecule has 98 valence electrons. The van der Waals surface area contributed by atoms with Gasteiger partial charge in [-0.05, 0) is 25.8 Å². The van der Waals surface area contributed by atoms with Gasteiger partial charge in [0.05, 0.1) is 0 Å². The van der Waals surface area contributed by atoms with E-state index in [-0.39, 0.29) is 0 Å². The van der Waals surface area contributed by atoms with E-state index in [4.69, 9.17) is 0 Å². The largest absolute Gasteiger partial charge is 0.348 e. The van der Waals surface area contributed by atoms with Crippen molar-refractivity contribution in [2.45, 2.75) is 44.7 Å². The van der Waals surface area contributed by atoms with Crippen molar-refractivity contribution in [2.75, 3.05) is 25.0 Å². The van der Waals surface area contributed by atoms with Crippen molar-refractivity contribution in [1.82, 2.24) is 14.9 Å². The minimum absolute atomic E-state index is 0.469. The SMILES string of the molecule is CC(C)c1cc(N2[C@H]3CC[C@H]2CN(C)C3)ncn1. The van der Waals surface area contributed by atoms with Gasteiger partial charge in [-0.2, -0.15) is 0 Å². The van der Waals surface area contributed by atoms with Crippen LogP contribution in [0.25, 0.3) is 0 Å². The maximum Gasteiger partial charge on any atom is 0.132 e. The Morgan fingerprint density at radius 2 is 1.83 bits per heavy atom. The summed E-state index contributed by atoms with van der Waals surface area (Å²) in [6, 6.07) is 3.47. The number of fused-ring (bicyclic) bond motifs is 2. The zero-order valence-electron chi connectivity index (χ0n) is 11.5. The molecule has 2 saturated heterocycles. The number of hydrogen-bond donors (Lipinski definition) is 0. The molecule has 1 aromatic rings. The van der Waals surface area contributed by atoms with Crippen molar-refractivity contribution < 1.29 is 0 Å². The maximum atomic E-state index is 4.51. The van der Waals surface area contributed by atoms with E-state index in [0.29, 0.717) is 18.0 Å². The van der Waals surface area contributed by atoms with Crippen molar-refractivity contribution in [3.05, 3.63) is 18.1 Å². The molecular formula is C14H22N4. The fraction of sp³-hybridized carbons (Fsp3) is 0.714. The Balaban J connectivity index is 1.89. The number of piperazine rings is 1. The summed E-state index contributed by atoms with van der Waals surface area (Å²) < 4.78 is 0. The molecule has 18 heavy (non-hydrogen) atoms. The highest BCUT2D eigenvalue weighted by Crippen LogP contribution is 2.33. The molecule has 0 amide bonds. The third kappa shape index (κ3) is 1.99. The molecule has 3 heterocycles. The number of rotatable bonds is 2. The average molecular weight is 246 g/mol. The van der Waals surface area contributed by atoms with E-state index < -0.39 is 0 Å². The van der Waals surface area contributed by atoms with E-state index in [1.54, 1.807) is 6.33 Å². The molecular weight excluding hydrogens is 224 g/mol. The number of anilines is 1. The standard InChI is InChI=1S/C14H22N4/c1-10(2)13-6-14(16-9-15-13)18-11-4-5-12(18)8-17(3)7-11/h6,9-12H,4-5,7-8H2,1-3H3/t11-,12-/m0/s1. The molecule has 1 aromatic heterocycles. The van der Waals surface area contributed by atoms with Crippen LogP contribution in [0.1, 0.15) is 38.3 Å². The summed E-state index contributed by atoms with van der Waals surface area (Å²) in [5.41, 5.74) is 1.15. The molecule has 0 unspecified atom stereocenters. The predicted molar refractivity (Wildman–Crippen MR) is 72.9 cm³/mol. The van der Waals surface area contributed by atoms with Crippen LogP contribution in [0.15, 0.2) is 12.4 Å². The summed E-state index contributed by atoms with van der Waals surface area (Å²) in [5, 5.41) is 0. The first kappa shape index (κ1) is 11.9. The van der Waals surface area contributed by atoms with Gasteiger partial charge >= 0.3 is 0 Å². The molecule has 2 aliphatic heterocycles. The first-order valence-corrected chi connectivity index (χ1v) is 6.94. The predicted octanol–water partition coefficient (Wildman–Crippen LogP) is 1.88. The van der Waals surface area contributed by atoms with E-state index in [2.05, 4.69) is 46.7 Å². The smallest absolute Gasteiger partial charge is 0.132 e. The lowest BCUT2D eigenvalue weighted by Crippen LogP contribution is -2.52. The third-order valence-corrected chi connectivity index (χ3v) is 4.19. The Bertz CT molecular complexity index is 418. The van der Waals surface area contributed by atoms with Crippen LogP contribution < -0.4 is 4.90 Å². The minimum Gasteiger partial charge on any atom is -0.348 e. The highest BCUT2D eigenvalue weighted by atomic mass is 15.3. The second-order valence-corrected chi connectivity index (χ2v) is 5.97. The molecule has 0 saturated carbocycles. The third-order valence-electron chi connectivity index (χ3n) is 4.19. The molecule has 0 N–H and O–H groups in total. The lowest BCUT2D eigenvalue weighted by molar-refractivity contribution is 0.263. The van der Waals surface area contributed by atoms with Crippen molar-refractivity contribution in [3.8, 4) is 0 Å². The van der Waals surface area contributed by atoms with E-state index in [1.165, 1.54) is 12.8 Å². The molecule has 0 aliphatic carbocycles. The lowest BCUT2D eigenvalue weighted by atomic mass is 10.1. The molecule has 0 aromatic carbocycles. The van der Waals surface area contributed by atoms with Gasteiger partial charge in [0.25, 0.3) is 0 Å². The van der Waals surface area contributed by atoms with Gasteiger partial charge in [0.2, 0.25) is 0 Å². The average Bonchev–Trinajstić information content (AvgIpc) is 2.62. The number of aromatic nitrogens is 2. The summed E-state index contributed by atoms with van der Waals surface area (Å²) in [7, 11) is 2.22. The molecule has 4 nitrogen and oxygen atoms in total. The topological polar surface area (TPSA) is 32.3 Å². The second-order valence-electron chi connectivity index (χ2n) is 5.97. The van der Waals surface area contributed by atoms with Crippen molar-refractivity contribution in [2.24, 2.45) is 0 Å². The van der Waals surface area contributed by atoms with E-state index in [9.17, 15) is 0 Å². The van der Waals surface area contributed by atoms with E-state index in [1.807, 2.05) is 0 Å². The highest BCUT2D eigenvalue weighted by Gasteiger charge is 2.39. The molecule has 2 aliphatic rings. The van der Waals surface area contributed by atoms with Gasteiger partial charge in [0.15, 0.2) is 0 Å². The Morgan fingerprint density at radius 1 is 1.17 bits per heavy atom. The van der Waals surface area contributed by atoms with Crippen molar-refractivity contribution in [3.63, 3.8) is 0 Å². The molecule has 4 heteroatoms. The number of nitrogens with zero attached hydrogens (tertiary/aromatic N) is 4. The van der Waals surface area contributed by atoms with Crippen LogP contribution in [0.5, 0.6) is 0 Å². The van der Waals surface area contributed by atoms with E-state index >= 15 is 0 Å². The summed E-state index contributed by atoms with van der Waals surface area (Å²) in [6.07, 6.45) is 4.33. The number of likely N-dealkylation sites (N-methyl/N-ethyl adjacent to an activating group) is 1. The molecule has 2 bridgehead atoms. The zero-order chi connectivity index (χ0) is 12.7. The Hall–Kier alpha value is -1.16. The molecule has 3 rings (SSSR count). The van der Waals surface area contributed by atoms with Gasteiger partial charge in [-0.25, -0.2) is 9.97 Å². The van der Waals surface area contributed by atoms with Gasteiger partial charge in [0.1, 0.15) is 12.1 Å². The monoisotopic (exact) mass is 246 g/mol. The van der Waals surface area contributed by atoms with Gasteiger partial charge in [-0.15, -0.1) is 0 Å². The fourth-order valence-corrected chi connectivity index (χ4v) is 3.31. The number of likely N-dealkylation sites (tertiary alicyclic amines) is 1. The number of hydrogen-bond acceptors (Lipinski definition) is 4. The Kier molecular flexibility index (Phi) is 2.98. The van der Waals surface area contributed by atoms with Gasteiger partial charge in [-0.1, -0.05) is 13.8 Å². The molecule has 0 spiro atoms. The minimum atomic E-state index is 0.469. The lowest BCUT2D eigenvalue weighted by Gasteiger charge is -2.40. The quantitative estimate of drug-likeness (QED) is 0.797. The fourth-order valence-electron chi connectivity index (χ4n) is 3.31. The Morgan fingerprint density at radius 3 is 2.44 bits per heavy atom. The molecule has 2 atom stereocenters. The van der Waals surface area contributed by atoms with Crippen LogP contribution in [0.4, 0.5) is 5.82 Å². The van der Waals surface area contributed by atoms with Crippen molar-refractivity contribution >= 4 is 5.82 Å². The van der Waals surface area contributed by atoms with Crippen LogP contribution in [0, 0.1) is 0 Å². The summed E-state index contributed by atoms with van der Waals surface area (Å²) in [4.78, 5) is 13.9. The van der Waals surface area contributed by atoms with Crippen molar-refractivity contribution in [1.29, 1.82) is 0 Å². The maximum absolute atomic E-state index is 4.51. The van der Waals surface area contributed by atoms with E-state index in [0.717, 1.165) is 24.6 Å². The summed E-state index contributed by atoms with van der Waals surface area (Å²) >= 11 is 0. The van der Waals surface area contributed by atoms with Gasteiger partial charge < -0.3 is 9.80 Å². The first-order chi connectivity index (χ1) is 8.65. The van der Waals surface area contributed by atoms with Crippen LogP contribution in [0.3, 0.4) is 0 Å². The van der Waals surface area contributed by atoms with Crippen LogP contribution in [-0.2, 0) is 0 Å². The van der Waals surface area contributed by atoms with Gasteiger partial charge in [0, 0.05) is 36.9 Å². The zero-order valence-corrected chi connectivity index (χ0v) is 11.5. The van der Waals surface area contributed by atoms with Gasteiger partial charge in [-0.3, -0.25) is 0 Å². The first-order valence-electron chi connectivity index (χ1n) is 6.94. The Labute approximate surface area is 109 Å². The van der Waals surface area contributed by atoms with Crippen LogP contribution >= 0.6 is 0 Å².